The van der Waals surface area contributed by atoms with E-state index in [-0.39, 0.29) is 31.8 Å². The van der Waals surface area contributed by atoms with Gasteiger partial charge in [0.1, 0.15) is 28.1 Å². The van der Waals surface area contributed by atoms with Gasteiger partial charge in [-0.25, -0.2) is 13.6 Å². The zero-order valence-electron chi connectivity index (χ0n) is 23.5. The number of carbonyl (C=O) groups is 4. The average molecular weight is 607 g/mol. The number of benzene rings is 1. The van der Waals surface area contributed by atoms with E-state index in [1.807, 2.05) is 5.32 Å². The summed E-state index contributed by atoms with van der Waals surface area (Å²) in [5, 5.41) is 1.96. The fourth-order valence-electron chi connectivity index (χ4n) is 4.50. The molecule has 0 saturated carbocycles. The van der Waals surface area contributed by atoms with Crippen molar-refractivity contribution in [2.45, 2.75) is 63.5 Å². The second kappa shape index (κ2) is 12.8. The molecule has 4 rings (SSSR count). The molecule has 42 heavy (non-hydrogen) atoms. The highest BCUT2D eigenvalue weighted by Gasteiger charge is 2.51. The van der Waals surface area contributed by atoms with E-state index < -0.39 is 75.3 Å². The molecule has 4 amide bonds. The van der Waals surface area contributed by atoms with Gasteiger partial charge in [-0.1, -0.05) is 0 Å². The van der Waals surface area contributed by atoms with Crippen molar-refractivity contribution in [1.82, 2.24) is 19.9 Å². The van der Waals surface area contributed by atoms with Gasteiger partial charge in [0.15, 0.2) is 17.9 Å². The third-order valence-corrected chi connectivity index (χ3v) is 8.39. The van der Waals surface area contributed by atoms with Crippen LogP contribution in [0.1, 0.15) is 50.9 Å². The van der Waals surface area contributed by atoms with Crippen molar-refractivity contribution in [3.05, 3.63) is 53.6 Å². The smallest absolute Gasteiger partial charge is 0.331 e. The molecule has 1 aromatic carbocycles. The quantitative estimate of drug-likeness (QED) is 0.324. The molecule has 2 aliphatic heterocycles. The summed E-state index contributed by atoms with van der Waals surface area (Å²) in [6, 6.07) is 3.14. The van der Waals surface area contributed by atoms with Crippen molar-refractivity contribution in [3.63, 3.8) is 0 Å². The first-order chi connectivity index (χ1) is 19.8. The number of amides is 4. The van der Waals surface area contributed by atoms with E-state index in [0.29, 0.717) is 5.75 Å². The Morgan fingerprint density at radius 2 is 1.86 bits per heavy atom. The first kappa shape index (κ1) is 31.5. The maximum absolute atomic E-state index is 16.3. The van der Waals surface area contributed by atoms with Crippen molar-refractivity contribution >= 4 is 35.0 Å². The fraction of sp³-hybridized carbons (Fsp3) is 0.464. The SMILES string of the molecule is Cc1ccc(Oc2ccc(F)c(C(N[S+]([O-])C(C)(C)C)C(F)C(=O)C3C(=O)NC(=O)N(C4CCOCC4)C3=O)c2)cn1. The summed E-state index contributed by atoms with van der Waals surface area (Å²) in [5.74, 6) is -6.79. The number of ether oxygens (including phenoxy) is 2. The summed E-state index contributed by atoms with van der Waals surface area (Å²) in [7, 11) is 0. The lowest BCUT2D eigenvalue weighted by atomic mass is 9.89. The van der Waals surface area contributed by atoms with Gasteiger partial charge in [0, 0.05) is 41.9 Å². The number of rotatable bonds is 9. The predicted molar refractivity (Wildman–Crippen MR) is 147 cm³/mol. The van der Waals surface area contributed by atoms with Crippen LogP contribution in [0, 0.1) is 18.7 Å². The highest BCUT2D eigenvalue weighted by molar-refractivity contribution is 7.90. The first-order valence-electron chi connectivity index (χ1n) is 13.3. The summed E-state index contributed by atoms with van der Waals surface area (Å²) >= 11 is -2.02. The molecule has 226 valence electrons. The number of nitrogens with zero attached hydrogens (tertiary/aromatic N) is 2. The van der Waals surface area contributed by atoms with Gasteiger partial charge < -0.3 is 14.0 Å². The summed E-state index contributed by atoms with van der Waals surface area (Å²) in [6.07, 6.45) is -0.748. The molecule has 1 aromatic heterocycles. The van der Waals surface area contributed by atoms with Gasteiger partial charge in [-0.3, -0.25) is 29.6 Å². The van der Waals surface area contributed by atoms with Gasteiger partial charge in [0.2, 0.25) is 5.91 Å². The van der Waals surface area contributed by atoms with Gasteiger partial charge in [0.25, 0.3) is 5.91 Å². The molecule has 2 aromatic rings. The third-order valence-electron chi connectivity index (χ3n) is 6.81. The van der Waals surface area contributed by atoms with Crippen LogP contribution in [0.25, 0.3) is 0 Å². The Kier molecular flexibility index (Phi) is 9.60. The van der Waals surface area contributed by atoms with Crippen molar-refractivity contribution in [2.24, 2.45) is 5.92 Å². The molecule has 0 bridgehead atoms. The van der Waals surface area contributed by atoms with E-state index in [1.165, 1.54) is 12.3 Å². The Morgan fingerprint density at radius 3 is 2.48 bits per heavy atom. The molecule has 0 aliphatic carbocycles. The maximum atomic E-state index is 16.3. The van der Waals surface area contributed by atoms with Crippen LogP contribution in [0.4, 0.5) is 13.6 Å². The molecule has 0 radical (unpaired) electrons. The van der Waals surface area contributed by atoms with Crippen LogP contribution in [0.2, 0.25) is 0 Å². The lowest BCUT2D eigenvalue weighted by Gasteiger charge is -2.37. The summed E-state index contributed by atoms with van der Waals surface area (Å²) < 4.78 is 57.0. The molecular formula is C28H32F2N4O7S. The van der Waals surface area contributed by atoms with E-state index in [1.54, 1.807) is 39.8 Å². The number of aryl methyl sites for hydroxylation is 1. The Hall–Kier alpha value is -3.46. The van der Waals surface area contributed by atoms with E-state index in [4.69, 9.17) is 9.47 Å². The fourth-order valence-corrected chi connectivity index (χ4v) is 5.33. The number of ketones is 1. The molecule has 14 heteroatoms. The monoisotopic (exact) mass is 606 g/mol. The largest absolute Gasteiger partial charge is 0.598 e. The number of pyridine rings is 1. The van der Waals surface area contributed by atoms with E-state index in [9.17, 15) is 23.7 Å². The Bertz CT molecular complexity index is 1350. The zero-order valence-corrected chi connectivity index (χ0v) is 24.3. The molecule has 3 heterocycles. The molecule has 2 N–H and O–H groups in total. The van der Waals surface area contributed by atoms with Crippen LogP contribution in [-0.4, -0.2) is 68.2 Å². The number of alkyl halides is 1. The number of nitrogens with one attached hydrogen (secondary N) is 2. The molecule has 4 atom stereocenters. The van der Waals surface area contributed by atoms with Gasteiger partial charge >= 0.3 is 6.03 Å². The summed E-state index contributed by atoms with van der Waals surface area (Å²) in [6.45, 7) is 7.02. The predicted octanol–water partition coefficient (Wildman–Crippen LogP) is 3.20. The minimum absolute atomic E-state index is 0.0628. The minimum Gasteiger partial charge on any atom is -0.598 e. The van der Waals surface area contributed by atoms with Crippen molar-refractivity contribution in [3.8, 4) is 11.5 Å². The number of Topliss-reactive ketones (excluding diaryl/α,β-unsaturated/α-hetero) is 1. The number of aromatic nitrogens is 1. The number of barbiturate groups is 1. The standard InChI is InChI=1S/C28H32F2N4O7S/c1-15-5-6-18(14-31-15)41-17-7-8-20(29)19(13-17)23(33-42(39)28(2,3)4)22(30)24(35)21-25(36)32-27(38)34(26(21)37)16-9-11-40-12-10-16/h5-8,13-14,16,21-23,33H,9-12H2,1-4H3,(H,32,36,38). The third kappa shape index (κ3) is 6.94. The minimum atomic E-state index is -2.73. The van der Waals surface area contributed by atoms with Crippen molar-refractivity contribution in [2.75, 3.05) is 13.2 Å². The van der Waals surface area contributed by atoms with Gasteiger partial charge in [-0.2, -0.15) is 0 Å². The lowest BCUT2D eigenvalue weighted by molar-refractivity contribution is -0.151. The van der Waals surface area contributed by atoms with E-state index >= 15 is 8.78 Å². The Morgan fingerprint density at radius 1 is 1.19 bits per heavy atom. The topological polar surface area (TPSA) is 150 Å². The van der Waals surface area contributed by atoms with Gasteiger partial charge in [-0.15, -0.1) is 4.72 Å². The number of hydrogen-bond donors (Lipinski definition) is 2. The number of halogens is 2. The second-order valence-electron chi connectivity index (χ2n) is 11.0. The summed E-state index contributed by atoms with van der Waals surface area (Å²) in [5.41, 5.74) is 0.306. The number of carbonyl (C=O) groups excluding carboxylic acids is 4. The number of imide groups is 2. The van der Waals surface area contributed by atoms with E-state index in [0.717, 1.165) is 22.7 Å². The van der Waals surface area contributed by atoms with Crippen LogP contribution < -0.4 is 14.8 Å². The van der Waals surface area contributed by atoms with Crippen molar-refractivity contribution < 1.29 is 42.0 Å². The molecule has 0 spiro atoms. The van der Waals surface area contributed by atoms with Gasteiger partial charge in [0.05, 0.1) is 6.20 Å². The average Bonchev–Trinajstić information content (AvgIpc) is 2.93. The lowest BCUT2D eigenvalue weighted by Crippen LogP contribution is -2.64. The second-order valence-corrected chi connectivity index (χ2v) is 13.0. The number of hydrogen-bond acceptors (Lipinski definition) is 9. The summed E-state index contributed by atoms with van der Waals surface area (Å²) in [4.78, 5) is 56.9. The molecule has 2 saturated heterocycles. The van der Waals surface area contributed by atoms with Gasteiger partial charge in [-0.05, 0) is 70.9 Å². The normalized spacial score (nSPS) is 20.6. The highest BCUT2D eigenvalue weighted by Crippen LogP contribution is 2.33. The highest BCUT2D eigenvalue weighted by atomic mass is 32.2. The molecule has 2 fully saturated rings. The molecular weight excluding hydrogens is 574 g/mol. The molecule has 11 nitrogen and oxygen atoms in total. The molecule has 4 unspecified atom stereocenters. The first-order valence-corrected chi connectivity index (χ1v) is 14.4. The van der Waals surface area contributed by atoms with Crippen molar-refractivity contribution in [1.29, 1.82) is 0 Å². The van der Waals surface area contributed by atoms with Crippen LogP contribution in [0.3, 0.4) is 0 Å². The van der Waals surface area contributed by atoms with Crippen LogP contribution >= 0.6 is 0 Å². The van der Waals surface area contributed by atoms with Crippen LogP contribution in [0.15, 0.2) is 36.5 Å². The Balaban J connectivity index is 1.67. The van der Waals surface area contributed by atoms with Crippen LogP contribution in [-0.2, 0) is 30.5 Å². The Labute approximate surface area is 244 Å². The van der Waals surface area contributed by atoms with E-state index in [2.05, 4.69) is 9.71 Å². The van der Waals surface area contributed by atoms with Crippen LogP contribution in [0.5, 0.6) is 11.5 Å². The number of urea groups is 1. The zero-order chi connectivity index (χ0) is 30.8. The molecule has 2 aliphatic rings. The maximum Gasteiger partial charge on any atom is 0.331 e.